The molecule has 0 spiro atoms. The maximum absolute atomic E-state index is 11.4. The van der Waals surface area contributed by atoms with Crippen molar-refractivity contribution in [2.24, 2.45) is 0 Å². The molecule has 0 amide bonds. The molecule has 0 aliphatic carbocycles. The first kappa shape index (κ1) is 9.94. The Morgan fingerprint density at radius 1 is 1.77 bits per heavy atom. The van der Waals surface area contributed by atoms with Gasteiger partial charge in [-0.15, -0.1) is 0 Å². The minimum absolute atomic E-state index is 0.0637. The zero-order chi connectivity index (χ0) is 9.90. The number of H-pyrrole nitrogens is 1. The van der Waals surface area contributed by atoms with Crippen molar-refractivity contribution in [2.75, 3.05) is 6.54 Å². The smallest absolute Gasteiger partial charge is 0.257 e. The number of rotatable bonds is 4. The summed E-state index contributed by atoms with van der Waals surface area (Å²) < 4.78 is 25.1. The van der Waals surface area contributed by atoms with Crippen LogP contribution in [0.4, 0.5) is 0 Å². The van der Waals surface area contributed by atoms with Gasteiger partial charge in [-0.25, -0.2) is 18.1 Å². The molecule has 0 saturated heterocycles. The first-order chi connectivity index (χ1) is 6.02. The van der Waals surface area contributed by atoms with Gasteiger partial charge < -0.3 is 4.98 Å². The van der Waals surface area contributed by atoms with Crippen molar-refractivity contribution in [1.29, 1.82) is 0 Å². The maximum Gasteiger partial charge on any atom is 0.257 e. The topological polar surface area (TPSA) is 74.8 Å². The van der Waals surface area contributed by atoms with E-state index in [0.29, 0.717) is 0 Å². The number of nitrogens with zero attached hydrogens (tertiary/aromatic N) is 1. The highest BCUT2D eigenvalue weighted by atomic mass is 32.2. The molecule has 1 heterocycles. The molecule has 0 aromatic carbocycles. The van der Waals surface area contributed by atoms with Crippen LogP contribution in [-0.2, 0) is 10.0 Å². The first-order valence-electron chi connectivity index (χ1n) is 3.65. The Morgan fingerprint density at radius 2 is 2.46 bits per heavy atom. The van der Waals surface area contributed by atoms with Gasteiger partial charge in [-0.1, -0.05) is 12.2 Å². The maximum atomic E-state index is 11.4. The molecule has 1 aromatic rings. The Balaban J connectivity index is 2.74. The van der Waals surface area contributed by atoms with Crippen LogP contribution in [0.2, 0.25) is 0 Å². The zero-order valence-corrected chi connectivity index (χ0v) is 8.06. The summed E-state index contributed by atoms with van der Waals surface area (Å²) >= 11 is 0. The molecule has 0 radical (unpaired) electrons. The van der Waals surface area contributed by atoms with E-state index in [1.807, 2.05) is 0 Å². The fourth-order valence-corrected chi connectivity index (χ4v) is 1.69. The number of aromatic amines is 1. The highest BCUT2D eigenvalue weighted by molar-refractivity contribution is 7.89. The molecular formula is C7H11N3O2S. The minimum Gasteiger partial charge on any atom is -0.335 e. The van der Waals surface area contributed by atoms with Crippen LogP contribution in [0.3, 0.4) is 0 Å². The number of hydrogen-bond donors (Lipinski definition) is 2. The van der Waals surface area contributed by atoms with Crippen LogP contribution in [0.1, 0.15) is 6.92 Å². The molecule has 0 bridgehead atoms. The monoisotopic (exact) mass is 201 g/mol. The van der Waals surface area contributed by atoms with Gasteiger partial charge in [0.1, 0.15) is 0 Å². The minimum atomic E-state index is -3.44. The SMILES string of the molecule is C=C(C)CNS(=O)(=O)c1cnc[nH]1. The van der Waals surface area contributed by atoms with E-state index in [1.54, 1.807) is 6.92 Å². The Hall–Kier alpha value is -1.14. The Bertz CT molecular complexity index is 380. The number of aromatic nitrogens is 2. The summed E-state index contributed by atoms with van der Waals surface area (Å²) in [6, 6.07) is 0. The van der Waals surface area contributed by atoms with Gasteiger partial charge >= 0.3 is 0 Å². The van der Waals surface area contributed by atoms with Gasteiger partial charge in [0.2, 0.25) is 0 Å². The fraction of sp³-hybridized carbons (Fsp3) is 0.286. The molecule has 5 nitrogen and oxygen atoms in total. The van der Waals surface area contributed by atoms with Crippen molar-refractivity contribution in [2.45, 2.75) is 11.9 Å². The van der Waals surface area contributed by atoms with E-state index in [9.17, 15) is 8.42 Å². The first-order valence-corrected chi connectivity index (χ1v) is 5.13. The van der Waals surface area contributed by atoms with E-state index in [-0.39, 0.29) is 11.6 Å². The summed E-state index contributed by atoms with van der Waals surface area (Å²) in [4.78, 5) is 6.13. The lowest BCUT2D eigenvalue weighted by Gasteiger charge is -2.02. The fourth-order valence-electron chi connectivity index (χ4n) is 0.686. The second-order valence-corrected chi connectivity index (χ2v) is 4.43. The third-order valence-electron chi connectivity index (χ3n) is 1.33. The molecule has 6 heteroatoms. The Kier molecular flexibility index (Phi) is 2.84. The molecule has 1 rings (SSSR count). The average Bonchev–Trinajstić information content (AvgIpc) is 2.53. The van der Waals surface area contributed by atoms with E-state index in [1.165, 1.54) is 12.5 Å². The van der Waals surface area contributed by atoms with Crippen LogP contribution in [0.15, 0.2) is 29.7 Å². The van der Waals surface area contributed by atoms with Gasteiger partial charge in [0.15, 0.2) is 5.03 Å². The predicted molar refractivity (Wildman–Crippen MR) is 48.6 cm³/mol. The summed E-state index contributed by atoms with van der Waals surface area (Å²) in [5.41, 5.74) is 0.753. The molecule has 1 aromatic heterocycles. The highest BCUT2D eigenvalue weighted by Crippen LogP contribution is 2.01. The van der Waals surface area contributed by atoms with Crippen LogP contribution < -0.4 is 4.72 Å². The number of sulfonamides is 1. The van der Waals surface area contributed by atoms with Crippen molar-refractivity contribution < 1.29 is 8.42 Å². The molecule has 0 atom stereocenters. The second kappa shape index (κ2) is 3.71. The lowest BCUT2D eigenvalue weighted by Crippen LogP contribution is -2.25. The van der Waals surface area contributed by atoms with Crippen LogP contribution in [0.25, 0.3) is 0 Å². The molecule has 13 heavy (non-hydrogen) atoms. The molecule has 0 fully saturated rings. The van der Waals surface area contributed by atoms with E-state index in [0.717, 1.165) is 5.57 Å². The standard InChI is InChI=1S/C7H11N3O2S/c1-6(2)3-10-13(11,12)7-4-8-5-9-7/h4-5,10H,1,3H2,2H3,(H,8,9). The third kappa shape index (κ3) is 2.67. The molecule has 0 aliphatic heterocycles. The third-order valence-corrected chi connectivity index (χ3v) is 2.65. The molecule has 72 valence electrons. The van der Waals surface area contributed by atoms with Crippen molar-refractivity contribution >= 4 is 10.0 Å². The van der Waals surface area contributed by atoms with Crippen LogP contribution in [0, 0.1) is 0 Å². The van der Waals surface area contributed by atoms with Crippen molar-refractivity contribution in [3.8, 4) is 0 Å². The van der Waals surface area contributed by atoms with Crippen LogP contribution in [0.5, 0.6) is 0 Å². The van der Waals surface area contributed by atoms with E-state index in [4.69, 9.17) is 0 Å². The molecular weight excluding hydrogens is 190 g/mol. The molecule has 0 aliphatic rings. The number of imidazole rings is 1. The normalized spacial score (nSPS) is 11.5. The van der Waals surface area contributed by atoms with Crippen LogP contribution >= 0.6 is 0 Å². The van der Waals surface area contributed by atoms with Gasteiger partial charge in [0.05, 0.1) is 12.5 Å². The largest absolute Gasteiger partial charge is 0.335 e. The molecule has 2 N–H and O–H groups in total. The van der Waals surface area contributed by atoms with Crippen molar-refractivity contribution in [3.63, 3.8) is 0 Å². The lowest BCUT2D eigenvalue weighted by atomic mass is 10.4. The summed E-state index contributed by atoms with van der Waals surface area (Å²) in [5, 5.41) is 0.0637. The van der Waals surface area contributed by atoms with Crippen molar-refractivity contribution in [1.82, 2.24) is 14.7 Å². The summed E-state index contributed by atoms with van der Waals surface area (Å²) in [5.74, 6) is 0. The number of nitrogens with one attached hydrogen (secondary N) is 2. The average molecular weight is 201 g/mol. The predicted octanol–water partition coefficient (Wildman–Crippen LogP) is 0.264. The second-order valence-electron chi connectivity index (χ2n) is 2.70. The Labute approximate surface area is 76.9 Å². The quantitative estimate of drug-likeness (QED) is 0.686. The molecule has 0 saturated carbocycles. The highest BCUT2D eigenvalue weighted by Gasteiger charge is 2.13. The zero-order valence-electron chi connectivity index (χ0n) is 7.24. The van der Waals surface area contributed by atoms with Gasteiger partial charge in [0.25, 0.3) is 10.0 Å². The van der Waals surface area contributed by atoms with Gasteiger partial charge in [-0.3, -0.25) is 0 Å². The van der Waals surface area contributed by atoms with Crippen LogP contribution in [-0.4, -0.2) is 24.9 Å². The van der Waals surface area contributed by atoms with Gasteiger partial charge in [-0.05, 0) is 6.92 Å². The number of hydrogen-bond acceptors (Lipinski definition) is 3. The van der Waals surface area contributed by atoms with Gasteiger partial charge in [-0.2, -0.15) is 0 Å². The summed E-state index contributed by atoms with van der Waals surface area (Å²) in [6.07, 6.45) is 2.57. The van der Waals surface area contributed by atoms with E-state index >= 15 is 0 Å². The molecule has 0 unspecified atom stereocenters. The van der Waals surface area contributed by atoms with Crippen molar-refractivity contribution in [3.05, 3.63) is 24.7 Å². The lowest BCUT2D eigenvalue weighted by molar-refractivity contribution is 0.581. The Morgan fingerprint density at radius 3 is 2.92 bits per heavy atom. The van der Waals surface area contributed by atoms with E-state index < -0.39 is 10.0 Å². The summed E-state index contributed by atoms with van der Waals surface area (Å²) in [6.45, 7) is 5.57. The summed E-state index contributed by atoms with van der Waals surface area (Å²) in [7, 11) is -3.44. The van der Waals surface area contributed by atoms with E-state index in [2.05, 4.69) is 21.3 Å². The van der Waals surface area contributed by atoms with Gasteiger partial charge in [0, 0.05) is 6.54 Å².